The summed E-state index contributed by atoms with van der Waals surface area (Å²) in [6, 6.07) is 11.8. The highest BCUT2D eigenvalue weighted by Gasteiger charge is 2.19. The normalized spacial score (nSPS) is 12.8. The number of para-hydroxylation sites is 1. The highest BCUT2D eigenvalue weighted by atomic mass is 35.5. The van der Waals surface area contributed by atoms with Crippen LogP contribution in [0.15, 0.2) is 46.9 Å². The van der Waals surface area contributed by atoms with Crippen LogP contribution in [0.5, 0.6) is 0 Å². The third-order valence-electron chi connectivity index (χ3n) is 3.50. The first-order valence-electron chi connectivity index (χ1n) is 6.50. The fourth-order valence-electron chi connectivity index (χ4n) is 2.32. The minimum absolute atomic E-state index is 0.228. The van der Waals surface area contributed by atoms with Crippen molar-refractivity contribution < 1.29 is 8.81 Å². The summed E-state index contributed by atoms with van der Waals surface area (Å²) in [7, 11) is 0. The Hall–Kier alpha value is -1.88. The van der Waals surface area contributed by atoms with Crippen LogP contribution in [-0.4, -0.2) is 0 Å². The number of hydrogen-bond donors (Lipinski definition) is 2. The second-order valence-electron chi connectivity index (χ2n) is 4.92. The second kappa shape index (κ2) is 5.48. The predicted octanol–water partition coefficient (Wildman–Crippen LogP) is 4.09. The average molecular weight is 305 g/mol. The molecule has 1 atom stereocenters. The van der Waals surface area contributed by atoms with Gasteiger partial charge in [-0.2, -0.15) is 0 Å². The SMILES string of the molecule is Cc1ccc(C(NN)c2cc3cccc(F)c3o2)cc1Cl. The summed E-state index contributed by atoms with van der Waals surface area (Å²) in [4.78, 5) is 0. The molecule has 0 radical (unpaired) electrons. The zero-order valence-electron chi connectivity index (χ0n) is 11.4. The molecule has 2 aromatic carbocycles. The number of nitrogens with one attached hydrogen (secondary N) is 1. The molecule has 21 heavy (non-hydrogen) atoms. The molecule has 0 saturated heterocycles. The lowest BCUT2D eigenvalue weighted by Gasteiger charge is -2.14. The summed E-state index contributed by atoms with van der Waals surface area (Å²) in [6.07, 6.45) is 0. The number of rotatable bonds is 3. The molecule has 108 valence electrons. The van der Waals surface area contributed by atoms with Gasteiger partial charge < -0.3 is 4.42 Å². The van der Waals surface area contributed by atoms with E-state index in [0.29, 0.717) is 16.2 Å². The maximum atomic E-state index is 13.7. The molecule has 0 fully saturated rings. The van der Waals surface area contributed by atoms with Gasteiger partial charge in [0.05, 0.1) is 0 Å². The Morgan fingerprint density at radius 1 is 1.24 bits per heavy atom. The highest BCUT2D eigenvalue weighted by molar-refractivity contribution is 6.31. The summed E-state index contributed by atoms with van der Waals surface area (Å²) in [5.41, 5.74) is 4.75. The third kappa shape index (κ3) is 2.53. The zero-order valence-corrected chi connectivity index (χ0v) is 12.1. The van der Waals surface area contributed by atoms with E-state index in [-0.39, 0.29) is 5.58 Å². The van der Waals surface area contributed by atoms with Crippen molar-refractivity contribution in [1.29, 1.82) is 0 Å². The molecule has 3 nitrogen and oxygen atoms in total. The molecule has 0 amide bonds. The van der Waals surface area contributed by atoms with Crippen molar-refractivity contribution in [3.63, 3.8) is 0 Å². The molecule has 1 aromatic heterocycles. The van der Waals surface area contributed by atoms with Crippen LogP contribution < -0.4 is 11.3 Å². The summed E-state index contributed by atoms with van der Waals surface area (Å²) in [6.45, 7) is 1.92. The molecule has 0 spiro atoms. The Bertz CT molecular complexity index is 800. The van der Waals surface area contributed by atoms with Crippen molar-refractivity contribution in [3.8, 4) is 0 Å². The van der Waals surface area contributed by atoms with Gasteiger partial charge in [0.15, 0.2) is 11.4 Å². The van der Waals surface area contributed by atoms with Crippen LogP contribution in [-0.2, 0) is 0 Å². The van der Waals surface area contributed by atoms with E-state index in [9.17, 15) is 4.39 Å². The monoisotopic (exact) mass is 304 g/mol. The van der Waals surface area contributed by atoms with E-state index in [1.807, 2.05) is 25.1 Å². The van der Waals surface area contributed by atoms with Crippen molar-refractivity contribution in [1.82, 2.24) is 5.43 Å². The Labute approximate surface area is 126 Å². The molecule has 0 aliphatic heterocycles. The first-order valence-corrected chi connectivity index (χ1v) is 6.88. The third-order valence-corrected chi connectivity index (χ3v) is 3.90. The van der Waals surface area contributed by atoms with Gasteiger partial charge in [-0.15, -0.1) is 0 Å². The van der Waals surface area contributed by atoms with E-state index in [2.05, 4.69) is 5.43 Å². The van der Waals surface area contributed by atoms with E-state index in [0.717, 1.165) is 11.1 Å². The fourth-order valence-corrected chi connectivity index (χ4v) is 2.51. The lowest BCUT2D eigenvalue weighted by molar-refractivity contribution is 0.465. The summed E-state index contributed by atoms with van der Waals surface area (Å²) >= 11 is 6.15. The van der Waals surface area contributed by atoms with E-state index in [1.165, 1.54) is 6.07 Å². The summed E-state index contributed by atoms with van der Waals surface area (Å²) in [5, 5.41) is 1.35. The summed E-state index contributed by atoms with van der Waals surface area (Å²) in [5.74, 6) is 5.79. The quantitative estimate of drug-likeness (QED) is 0.566. The number of hydrogen-bond acceptors (Lipinski definition) is 3. The van der Waals surface area contributed by atoms with Crippen LogP contribution in [0.4, 0.5) is 4.39 Å². The molecule has 1 heterocycles. The smallest absolute Gasteiger partial charge is 0.169 e. The maximum Gasteiger partial charge on any atom is 0.169 e. The van der Waals surface area contributed by atoms with E-state index >= 15 is 0 Å². The topological polar surface area (TPSA) is 51.2 Å². The standard InChI is InChI=1S/C16H14ClFN2O/c1-9-5-6-10(7-12(9)17)15(20-19)14-8-11-3-2-4-13(18)16(11)21-14/h2-8,15,20H,19H2,1H3. The van der Waals surface area contributed by atoms with Gasteiger partial charge in [-0.05, 0) is 36.2 Å². The van der Waals surface area contributed by atoms with Crippen LogP contribution in [0.2, 0.25) is 5.02 Å². The van der Waals surface area contributed by atoms with Gasteiger partial charge in [0.2, 0.25) is 0 Å². The van der Waals surface area contributed by atoms with Gasteiger partial charge >= 0.3 is 0 Å². The van der Waals surface area contributed by atoms with Gasteiger partial charge in [-0.25, -0.2) is 9.82 Å². The molecular weight excluding hydrogens is 291 g/mol. The Morgan fingerprint density at radius 3 is 2.71 bits per heavy atom. The van der Waals surface area contributed by atoms with E-state index in [4.69, 9.17) is 21.9 Å². The van der Waals surface area contributed by atoms with Crippen LogP contribution in [0, 0.1) is 12.7 Å². The molecule has 0 saturated carbocycles. The lowest BCUT2D eigenvalue weighted by atomic mass is 10.0. The van der Waals surface area contributed by atoms with Crippen molar-refractivity contribution in [2.24, 2.45) is 5.84 Å². The molecule has 0 aliphatic carbocycles. The number of nitrogens with two attached hydrogens (primary N) is 1. The Kier molecular flexibility index (Phi) is 3.68. The molecular formula is C16H14ClFN2O. The van der Waals surface area contributed by atoms with Gasteiger partial charge in [-0.3, -0.25) is 5.84 Å². The number of furan rings is 1. The van der Waals surface area contributed by atoms with Gasteiger partial charge in [0.1, 0.15) is 11.8 Å². The molecule has 3 N–H and O–H groups in total. The number of benzene rings is 2. The van der Waals surface area contributed by atoms with Gasteiger partial charge in [0, 0.05) is 10.4 Å². The number of aryl methyl sites for hydroxylation is 1. The summed E-state index contributed by atoms with van der Waals surface area (Å²) < 4.78 is 19.3. The van der Waals surface area contributed by atoms with Crippen molar-refractivity contribution in [2.45, 2.75) is 13.0 Å². The van der Waals surface area contributed by atoms with Crippen molar-refractivity contribution in [3.05, 3.63) is 70.2 Å². The van der Waals surface area contributed by atoms with E-state index in [1.54, 1.807) is 18.2 Å². The predicted molar refractivity (Wildman–Crippen MR) is 81.5 cm³/mol. The number of fused-ring (bicyclic) bond motifs is 1. The van der Waals surface area contributed by atoms with Crippen LogP contribution >= 0.6 is 11.6 Å². The fraction of sp³-hybridized carbons (Fsp3) is 0.125. The average Bonchev–Trinajstić information content (AvgIpc) is 2.89. The van der Waals surface area contributed by atoms with Crippen LogP contribution in [0.3, 0.4) is 0 Å². The largest absolute Gasteiger partial charge is 0.456 e. The molecule has 3 aromatic rings. The molecule has 0 bridgehead atoms. The Morgan fingerprint density at radius 2 is 2.05 bits per heavy atom. The Balaban J connectivity index is 2.09. The van der Waals surface area contributed by atoms with Crippen LogP contribution in [0.1, 0.15) is 22.9 Å². The highest BCUT2D eigenvalue weighted by Crippen LogP contribution is 2.30. The maximum absolute atomic E-state index is 13.7. The number of halogens is 2. The first-order chi connectivity index (χ1) is 10.1. The van der Waals surface area contributed by atoms with E-state index < -0.39 is 11.9 Å². The number of hydrazine groups is 1. The van der Waals surface area contributed by atoms with Gasteiger partial charge in [0.25, 0.3) is 0 Å². The zero-order chi connectivity index (χ0) is 15.0. The first kappa shape index (κ1) is 14.1. The van der Waals surface area contributed by atoms with Crippen molar-refractivity contribution >= 4 is 22.6 Å². The van der Waals surface area contributed by atoms with Crippen LogP contribution in [0.25, 0.3) is 11.0 Å². The molecule has 5 heteroatoms. The minimum atomic E-state index is -0.394. The molecule has 1 unspecified atom stereocenters. The lowest BCUT2D eigenvalue weighted by Crippen LogP contribution is -2.28. The molecule has 0 aliphatic rings. The van der Waals surface area contributed by atoms with Gasteiger partial charge in [-0.1, -0.05) is 35.9 Å². The minimum Gasteiger partial charge on any atom is -0.456 e. The molecule has 3 rings (SSSR count). The van der Waals surface area contributed by atoms with Crippen molar-refractivity contribution in [2.75, 3.05) is 0 Å². The second-order valence-corrected chi connectivity index (χ2v) is 5.32.